The molecule has 2 aliphatic rings. The number of aromatic hydroxyl groups is 1. The molecule has 1 fully saturated rings. The Morgan fingerprint density at radius 1 is 1.17 bits per heavy atom. The molecule has 1 saturated heterocycles. The zero-order valence-corrected chi connectivity index (χ0v) is 14.7. The lowest BCUT2D eigenvalue weighted by atomic mass is 9.89. The second-order valence-electron chi connectivity index (χ2n) is 6.80. The van der Waals surface area contributed by atoms with E-state index >= 15 is 0 Å². The maximum absolute atomic E-state index is 12.7. The summed E-state index contributed by atoms with van der Waals surface area (Å²) in [7, 11) is -3.22. The summed E-state index contributed by atoms with van der Waals surface area (Å²) < 4.78 is 25.2. The number of carbonyl (C=O) groups is 1. The largest absolute Gasteiger partial charge is 0.507 e. The van der Waals surface area contributed by atoms with Crippen molar-refractivity contribution >= 4 is 15.9 Å². The maximum Gasteiger partial charge on any atom is 0.257 e. The number of sulfonamides is 1. The van der Waals surface area contributed by atoms with Crippen molar-refractivity contribution in [2.24, 2.45) is 0 Å². The first-order chi connectivity index (χ1) is 11.3. The summed E-state index contributed by atoms with van der Waals surface area (Å²) in [6, 6.07) is 3.45. The molecular formula is C17H24N2O4S. The fraction of sp³-hybridized carbons (Fsp3) is 0.588. The van der Waals surface area contributed by atoms with Crippen molar-refractivity contribution in [3.05, 3.63) is 28.8 Å². The number of phenols is 1. The molecule has 7 heteroatoms. The van der Waals surface area contributed by atoms with Crippen molar-refractivity contribution in [3.8, 4) is 5.75 Å². The van der Waals surface area contributed by atoms with E-state index in [1.807, 2.05) is 6.07 Å². The molecule has 1 aliphatic carbocycles. The maximum atomic E-state index is 12.7. The number of nitrogens with zero attached hydrogens (tertiary/aromatic N) is 1. The molecule has 0 unspecified atom stereocenters. The zero-order chi connectivity index (χ0) is 17.3. The average Bonchev–Trinajstić information content (AvgIpc) is 2.53. The molecular weight excluding hydrogens is 328 g/mol. The van der Waals surface area contributed by atoms with Crippen LogP contribution in [0.15, 0.2) is 12.1 Å². The number of hydrogen-bond acceptors (Lipinski definition) is 4. The van der Waals surface area contributed by atoms with E-state index in [0.29, 0.717) is 31.5 Å². The van der Waals surface area contributed by atoms with Crippen LogP contribution in [0.3, 0.4) is 0 Å². The minimum Gasteiger partial charge on any atom is -0.507 e. The van der Waals surface area contributed by atoms with Crippen molar-refractivity contribution < 1.29 is 18.3 Å². The molecule has 1 aromatic rings. The quantitative estimate of drug-likeness (QED) is 0.861. The van der Waals surface area contributed by atoms with Crippen LogP contribution in [-0.2, 0) is 22.9 Å². The molecule has 0 bridgehead atoms. The molecule has 132 valence electrons. The highest BCUT2D eigenvalue weighted by atomic mass is 32.2. The number of piperidine rings is 1. The molecule has 6 nitrogen and oxygen atoms in total. The van der Waals surface area contributed by atoms with Gasteiger partial charge in [-0.3, -0.25) is 4.79 Å². The number of likely N-dealkylation sites (tertiary alicyclic amines) is 1. The Bertz CT molecular complexity index is 737. The van der Waals surface area contributed by atoms with E-state index in [1.165, 1.54) is 0 Å². The van der Waals surface area contributed by atoms with E-state index in [2.05, 4.69) is 4.72 Å². The predicted octanol–water partition coefficient (Wildman–Crippen LogP) is 1.42. The van der Waals surface area contributed by atoms with Crippen LogP contribution in [0.5, 0.6) is 5.75 Å². The number of carbonyl (C=O) groups excluding carboxylic acids is 1. The third kappa shape index (κ3) is 3.89. The molecule has 0 saturated carbocycles. The van der Waals surface area contributed by atoms with Crippen LogP contribution < -0.4 is 4.72 Å². The Hall–Kier alpha value is -1.60. The van der Waals surface area contributed by atoms with E-state index in [0.717, 1.165) is 43.1 Å². The van der Waals surface area contributed by atoms with E-state index in [9.17, 15) is 18.3 Å². The summed E-state index contributed by atoms with van der Waals surface area (Å²) >= 11 is 0. The van der Waals surface area contributed by atoms with Gasteiger partial charge in [0.05, 0.1) is 11.8 Å². The van der Waals surface area contributed by atoms with Crippen molar-refractivity contribution in [1.82, 2.24) is 9.62 Å². The molecule has 1 aromatic carbocycles. The minimum atomic E-state index is -3.22. The van der Waals surface area contributed by atoms with Gasteiger partial charge in [0.2, 0.25) is 10.0 Å². The van der Waals surface area contributed by atoms with E-state index in [1.54, 1.807) is 11.0 Å². The van der Waals surface area contributed by atoms with Crippen molar-refractivity contribution in [3.63, 3.8) is 0 Å². The van der Waals surface area contributed by atoms with Gasteiger partial charge in [0.25, 0.3) is 5.91 Å². The number of nitrogens with one attached hydrogen (secondary N) is 1. The van der Waals surface area contributed by atoms with Gasteiger partial charge in [0.15, 0.2) is 0 Å². The van der Waals surface area contributed by atoms with Crippen LogP contribution in [-0.4, -0.2) is 49.7 Å². The van der Waals surface area contributed by atoms with Crippen LogP contribution in [0.25, 0.3) is 0 Å². The summed E-state index contributed by atoms with van der Waals surface area (Å²) in [6.07, 6.45) is 6.48. The van der Waals surface area contributed by atoms with Crippen molar-refractivity contribution in [2.45, 2.75) is 44.6 Å². The molecule has 0 atom stereocenters. The Labute approximate surface area is 142 Å². The second kappa shape index (κ2) is 6.72. The van der Waals surface area contributed by atoms with Crippen LogP contribution in [0.1, 0.15) is 47.2 Å². The van der Waals surface area contributed by atoms with Gasteiger partial charge >= 0.3 is 0 Å². The van der Waals surface area contributed by atoms with Crippen molar-refractivity contribution in [2.75, 3.05) is 19.3 Å². The molecule has 1 heterocycles. The van der Waals surface area contributed by atoms with Gasteiger partial charge in [0, 0.05) is 19.1 Å². The normalized spacial score (nSPS) is 19.1. The number of phenolic OH excluding ortho intramolecular Hbond substituents is 1. The number of fused-ring (bicyclic) bond motifs is 1. The number of hydrogen-bond donors (Lipinski definition) is 2. The Kier molecular flexibility index (Phi) is 4.83. The van der Waals surface area contributed by atoms with Crippen LogP contribution >= 0.6 is 0 Å². The van der Waals surface area contributed by atoms with E-state index in [4.69, 9.17) is 0 Å². The van der Waals surface area contributed by atoms with Crippen LogP contribution in [0.4, 0.5) is 0 Å². The lowest BCUT2D eigenvalue weighted by molar-refractivity contribution is 0.0708. The second-order valence-corrected chi connectivity index (χ2v) is 8.58. The molecule has 1 amide bonds. The monoisotopic (exact) mass is 352 g/mol. The first-order valence-electron chi connectivity index (χ1n) is 8.45. The van der Waals surface area contributed by atoms with Gasteiger partial charge in [-0.15, -0.1) is 0 Å². The lowest BCUT2D eigenvalue weighted by Crippen LogP contribution is -2.46. The molecule has 24 heavy (non-hydrogen) atoms. The van der Waals surface area contributed by atoms with Gasteiger partial charge in [-0.25, -0.2) is 13.1 Å². The molecule has 0 spiro atoms. The first-order valence-corrected chi connectivity index (χ1v) is 10.3. The highest BCUT2D eigenvalue weighted by Crippen LogP contribution is 2.29. The van der Waals surface area contributed by atoms with Crippen molar-refractivity contribution in [1.29, 1.82) is 0 Å². The van der Waals surface area contributed by atoms with Gasteiger partial charge in [-0.05, 0) is 61.8 Å². The Morgan fingerprint density at radius 3 is 2.33 bits per heavy atom. The minimum absolute atomic E-state index is 0.0528. The Balaban J connectivity index is 1.69. The molecule has 0 radical (unpaired) electrons. The summed E-state index contributed by atoms with van der Waals surface area (Å²) in [6.45, 7) is 0.977. The number of benzene rings is 1. The molecule has 2 N–H and O–H groups in total. The number of aryl methyl sites for hydroxylation is 2. The smallest absolute Gasteiger partial charge is 0.257 e. The third-order valence-corrected chi connectivity index (χ3v) is 5.61. The van der Waals surface area contributed by atoms with E-state index < -0.39 is 10.0 Å². The Morgan fingerprint density at radius 2 is 1.75 bits per heavy atom. The summed E-state index contributed by atoms with van der Waals surface area (Å²) in [5.41, 5.74) is 2.67. The van der Waals surface area contributed by atoms with Gasteiger partial charge in [-0.1, -0.05) is 0 Å². The zero-order valence-electron chi connectivity index (χ0n) is 13.9. The molecule has 3 rings (SSSR count). The van der Waals surface area contributed by atoms with Gasteiger partial charge in [-0.2, -0.15) is 0 Å². The van der Waals surface area contributed by atoms with Gasteiger partial charge in [0.1, 0.15) is 5.75 Å². The number of amides is 1. The van der Waals surface area contributed by atoms with Crippen LogP contribution in [0.2, 0.25) is 0 Å². The van der Waals surface area contributed by atoms with Crippen LogP contribution in [0, 0.1) is 0 Å². The highest BCUT2D eigenvalue weighted by Gasteiger charge is 2.27. The fourth-order valence-corrected chi connectivity index (χ4v) is 4.46. The first kappa shape index (κ1) is 17.2. The standard InChI is InChI=1S/C17H24N2O4S/c1-24(22,23)18-14-6-8-19(9-7-14)17(21)15-10-12-4-2-3-5-13(12)11-16(15)20/h10-11,14,18,20H,2-9H2,1H3. The van der Waals surface area contributed by atoms with Gasteiger partial charge < -0.3 is 10.0 Å². The summed E-state index contributed by atoms with van der Waals surface area (Å²) in [4.78, 5) is 14.4. The summed E-state index contributed by atoms with van der Waals surface area (Å²) in [5.74, 6) is -0.115. The highest BCUT2D eigenvalue weighted by molar-refractivity contribution is 7.88. The SMILES string of the molecule is CS(=O)(=O)NC1CCN(C(=O)c2cc3c(cc2O)CCCC3)CC1. The molecule has 1 aliphatic heterocycles. The van der Waals surface area contributed by atoms with E-state index in [-0.39, 0.29) is 17.7 Å². The topological polar surface area (TPSA) is 86.7 Å². The third-order valence-electron chi connectivity index (χ3n) is 4.85. The summed E-state index contributed by atoms with van der Waals surface area (Å²) in [5, 5.41) is 10.2. The fourth-order valence-electron chi connectivity index (χ4n) is 3.62. The lowest BCUT2D eigenvalue weighted by Gasteiger charge is -2.32. The predicted molar refractivity (Wildman–Crippen MR) is 91.7 cm³/mol. The number of rotatable bonds is 3. The average molecular weight is 352 g/mol. The molecule has 0 aromatic heterocycles.